The molecule has 0 fully saturated rings. The van der Waals surface area contributed by atoms with Gasteiger partial charge in [0.1, 0.15) is 0 Å². The Bertz CT molecular complexity index is 422. The van der Waals surface area contributed by atoms with Crippen molar-refractivity contribution in [1.82, 2.24) is 9.55 Å². The summed E-state index contributed by atoms with van der Waals surface area (Å²) in [5.74, 6) is 0. The molecule has 90 valence electrons. The lowest BCUT2D eigenvalue weighted by Crippen LogP contribution is -2.01. The van der Waals surface area contributed by atoms with Crippen LogP contribution in [0.3, 0.4) is 0 Å². The highest BCUT2D eigenvalue weighted by molar-refractivity contribution is 5.39. The summed E-state index contributed by atoms with van der Waals surface area (Å²) in [6, 6.07) is 7.77. The van der Waals surface area contributed by atoms with Crippen molar-refractivity contribution in [3.05, 3.63) is 48.5 Å². The van der Waals surface area contributed by atoms with E-state index in [2.05, 4.69) is 4.98 Å². The van der Waals surface area contributed by atoms with Crippen LogP contribution < -0.4 is 5.73 Å². The van der Waals surface area contributed by atoms with E-state index < -0.39 is 0 Å². The molecule has 4 heteroatoms. The van der Waals surface area contributed by atoms with E-state index in [4.69, 9.17) is 10.5 Å². The summed E-state index contributed by atoms with van der Waals surface area (Å²) < 4.78 is 7.63. The number of hydrogen-bond donors (Lipinski definition) is 1. The fourth-order valence-corrected chi connectivity index (χ4v) is 1.57. The van der Waals surface area contributed by atoms with Crippen molar-refractivity contribution in [1.29, 1.82) is 0 Å². The number of nitrogen functional groups attached to an aromatic ring is 1. The minimum absolute atomic E-state index is 0.643. The number of ether oxygens (including phenoxy) is 1. The molecule has 0 spiro atoms. The predicted molar refractivity (Wildman–Crippen MR) is 67.4 cm³/mol. The average Bonchev–Trinajstić information content (AvgIpc) is 2.84. The van der Waals surface area contributed by atoms with Crippen LogP contribution in [0.15, 0.2) is 43.0 Å². The Labute approximate surface area is 101 Å². The van der Waals surface area contributed by atoms with Gasteiger partial charge in [0.15, 0.2) is 0 Å². The zero-order chi connectivity index (χ0) is 11.9. The lowest BCUT2D eigenvalue weighted by Gasteiger charge is -2.05. The zero-order valence-corrected chi connectivity index (χ0v) is 9.75. The molecule has 4 nitrogen and oxygen atoms in total. The Kier molecular flexibility index (Phi) is 4.16. The maximum Gasteiger partial charge on any atom is 0.0945 e. The number of aromatic nitrogens is 2. The van der Waals surface area contributed by atoms with Crippen molar-refractivity contribution in [3.8, 4) is 0 Å². The molecule has 0 radical (unpaired) electrons. The Balaban J connectivity index is 1.61. The van der Waals surface area contributed by atoms with Crippen molar-refractivity contribution in [2.75, 3.05) is 12.3 Å². The van der Waals surface area contributed by atoms with Gasteiger partial charge in [0.25, 0.3) is 0 Å². The van der Waals surface area contributed by atoms with Crippen molar-refractivity contribution in [2.24, 2.45) is 0 Å². The Morgan fingerprint density at radius 1 is 1.24 bits per heavy atom. The summed E-state index contributed by atoms with van der Waals surface area (Å²) in [6.45, 7) is 2.34. The summed E-state index contributed by atoms with van der Waals surface area (Å²) in [5.41, 5.74) is 7.55. The van der Waals surface area contributed by atoms with Gasteiger partial charge in [-0.15, -0.1) is 0 Å². The molecular formula is C13H17N3O. The lowest BCUT2D eigenvalue weighted by molar-refractivity contribution is 0.115. The van der Waals surface area contributed by atoms with E-state index in [1.54, 1.807) is 6.20 Å². The van der Waals surface area contributed by atoms with E-state index in [9.17, 15) is 0 Å². The molecular weight excluding hydrogens is 214 g/mol. The molecule has 0 bridgehead atoms. The van der Waals surface area contributed by atoms with Crippen LogP contribution in [-0.4, -0.2) is 16.2 Å². The average molecular weight is 231 g/mol. The largest absolute Gasteiger partial charge is 0.399 e. The normalized spacial score (nSPS) is 10.6. The second kappa shape index (κ2) is 6.06. The smallest absolute Gasteiger partial charge is 0.0945 e. The third-order valence-electron chi connectivity index (χ3n) is 2.51. The van der Waals surface area contributed by atoms with Gasteiger partial charge in [-0.3, -0.25) is 0 Å². The van der Waals surface area contributed by atoms with Crippen LogP contribution in [0.2, 0.25) is 0 Å². The molecule has 0 unspecified atom stereocenters. The highest BCUT2D eigenvalue weighted by Crippen LogP contribution is 2.06. The second-order valence-electron chi connectivity index (χ2n) is 3.95. The molecule has 2 N–H and O–H groups in total. The summed E-state index contributed by atoms with van der Waals surface area (Å²) >= 11 is 0. The molecule has 17 heavy (non-hydrogen) atoms. The van der Waals surface area contributed by atoms with Gasteiger partial charge >= 0.3 is 0 Å². The summed E-state index contributed by atoms with van der Waals surface area (Å²) in [7, 11) is 0. The van der Waals surface area contributed by atoms with Gasteiger partial charge in [0.05, 0.1) is 12.9 Å². The van der Waals surface area contributed by atoms with Gasteiger partial charge in [-0.2, -0.15) is 0 Å². The Morgan fingerprint density at radius 2 is 2.06 bits per heavy atom. The summed E-state index contributed by atoms with van der Waals surface area (Å²) in [5, 5.41) is 0. The molecule has 2 aromatic rings. The third kappa shape index (κ3) is 3.92. The second-order valence-corrected chi connectivity index (χ2v) is 3.95. The van der Waals surface area contributed by atoms with E-state index >= 15 is 0 Å². The number of aryl methyl sites for hydroxylation is 1. The number of hydrogen-bond acceptors (Lipinski definition) is 3. The zero-order valence-electron chi connectivity index (χ0n) is 9.75. The molecule has 1 aromatic heterocycles. The van der Waals surface area contributed by atoms with Crippen molar-refractivity contribution < 1.29 is 4.74 Å². The molecule has 1 heterocycles. The lowest BCUT2D eigenvalue weighted by atomic mass is 10.2. The number of nitrogens with two attached hydrogens (primary N) is 1. The number of imidazole rings is 1. The van der Waals surface area contributed by atoms with Crippen LogP contribution in [0.5, 0.6) is 0 Å². The van der Waals surface area contributed by atoms with E-state index in [1.807, 2.05) is 41.4 Å². The highest BCUT2D eigenvalue weighted by Gasteiger charge is 1.94. The van der Waals surface area contributed by atoms with Gasteiger partial charge in [-0.05, 0) is 24.1 Å². The fraction of sp³-hybridized carbons (Fsp3) is 0.308. The maximum atomic E-state index is 5.61. The number of benzene rings is 1. The first-order valence-electron chi connectivity index (χ1n) is 5.72. The van der Waals surface area contributed by atoms with Crippen molar-refractivity contribution in [3.63, 3.8) is 0 Å². The van der Waals surface area contributed by atoms with E-state index in [1.165, 1.54) is 0 Å². The highest BCUT2D eigenvalue weighted by atomic mass is 16.5. The molecule has 0 aliphatic carbocycles. The number of rotatable bonds is 6. The quantitative estimate of drug-likeness (QED) is 0.611. The standard InChI is InChI=1S/C13H17N3O/c14-13-4-2-12(3-5-13)10-17-9-1-7-16-8-6-15-11-16/h2-6,8,11H,1,7,9-10,14H2. The van der Waals surface area contributed by atoms with E-state index in [0.29, 0.717) is 6.61 Å². The predicted octanol–water partition coefficient (Wildman–Crippen LogP) is 2.07. The van der Waals surface area contributed by atoms with Crippen molar-refractivity contribution in [2.45, 2.75) is 19.6 Å². The van der Waals surface area contributed by atoms with Gasteiger partial charge in [-0.25, -0.2) is 4.98 Å². The number of nitrogens with zero attached hydrogens (tertiary/aromatic N) is 2. The van der Waals surface area contributed by atoms with Crippen molar-refractivity contribution >= 4 is 5.69 Å². The minimum atomic E-state index is 0.643. The van der Waals surface area contributed by atoms with E-state index in [-0.39, 0.29) is 0 Å². The van der Waals surface area contributed by atoms with Gasteiger partial charge in [0.2, 0.25) is 0 Å². The Hall–Kier alpha value is -1.81. The molecule has 2 rings (SSSR count). The third-order valence-corrected chi connectivity index (χ3v) is 2.51. The van der Waals surface area contributed by atoms with Crippen LogP contribution in [0.1, 0.15) is 12.0 Å². The first kappa shape index (κ1) is 11.7. The minimum Gasteiger partial charge on any atom is -0.399 e. The van der Waals surface area contributed by atoms with Gasteiger partial charge in [-0.1, -0.05) is 12.1 Å². The van der Waals surface area contributed by atoms with E-state index in [0.717, 1.165) is 30.8 Å². The van der Waals surface area contributed by atoms with Crippen LogP contribution in [0.4, 0.5) is 5.69 Å². The maximum absolute atomic E-state index is 5.61. The van der Waals surface area contributed by atoms with Crippen LogP contribution >= 0.6 is 0 Å². The first-order valence-corrected chi connectivity index (χ1v) is 5.72. The van der Waals surface area contributed by atoms with Gasteiger partial charge < -0.3 is 15.0 Å². The molecule has 0 saturated carbocycles. The summed E-state index contributed by atoms with van der Waals surface area (Å²) in [6.07, 6.45) is 6.56. The van der Waals surface area contributed by atoms with Gasteiger partial charge in [0, 0.05) is 31.2 Å². The molecule has 0 aliphatic rings. The fourth-order valence-electron chi connectivity index (χ4n) is 1.57. The monoisotopic (exact) mass is 231 g/mol. The van der Waals surface area contributed by atoms with Crippen LogP contribution in [-0.2, 0) is 17.9 Å². The summed E-state index contributed by atoms with van der Waals surface area (Å²) in [4.78, 5) is 3.99. The van der Waals surface area contributed by atoms with Crippen LogP contribution in [0.25, 0.3) is 0 Å². The number of anilines is 1. The SMILES string of the molecule is Nc1ccc(COCCCn2ccnc2)cc1. The topological polar surface area (TPSA) is 53.1 Å². The molecule has 0 amide bonds. The molecule has 0 atom stereocenters. The first-order chi connectivity index (χ1) is 8.34. The Morgan fingerprint density at radius 3 is 2.76 bits per heavy atom. The molecule has 0 saturated heterocycles. The molecule has 1 aromatic carbocycles. The molecule has 0 aliphatic heterocycles. The van der Waals surface area contributed by atoms with Crippen LogP contribution in [0, 0.1) is 0 Å².